The molecule has 2 amide bonds. The Hall–Kier alpha value is -2.41. The van der Waals surface area contributed by atoms with E-state index in [4.69, 9.17) is 4.74 Å². The van der Waals surface area contributed by atoms with Crippen molar-refractivity contribution in [2.45, 2.75) is 71.7 Å². The van der Waals surface area contributed by atoms with Gasteiger partial charge in [0.1, 0.15) is 18.7 Å². The Morgan fingerprint density at radius 3 is 2.37 bits per heavy atom. The third kappa shape index (κ3) is 7.44. The minimum absolute atomic E-state index is 0.115. The van der Waals surface area contributed by atoms with Gasteiger partial charge in [0.05, 0.1) is 6.04 Å². The Morgan fingerprint density at radius 1 is 1.10 bits per heavy atom. The third-order valence-corrected chi connectivity index (χ3v) is 5.16. The van der Waals surface area contributed by atoms with E-state index in [9.17, 15) is 14.4 Å². The molecule has 0 aliphatic carbocycles. The normalized spacial score (nSPS) is 18.1. The van der Waals surface area contributed by atoms with E-state index in [0.717, 1.165) is 24.9 Å². The largest absolute Gasteiger partial charge is 0.459 e. The highest BCUT2D eigenvalue weighted by Crippen LogP contribution is 2.12. The van der Waals surface area contributed by atoms with Gasteiger partial charge in [-0.25, -0.2) is 4.79 Å². The maximum atomic E-state index is 13.0. The van der Waals surface area contributed by atoms with Gasteiger partial charge in [0.2, 0.25) is 11.8 Å². The van der Waals surface area contributed by atoms with E-state index in [2.05, 4.69) is 16.0 Å². The summed E-state index contributed by atoms with van der Waals surface area (Å²) >= 11 is 0. The minimum atomic E-state index is -0.760. The predicted octanol–water partition coefficient (Wildman–Crippen LogP) is 2.15. The molecule has 0 bridgehead atoms. The van der Waals surface area contributed by atoms with E-state index < -0.39 is 18.1 Å². The summed E-state index contributed by atoms with van der Waals surface area (Å²) < 4.78 is 5.44. The monoisotopic (exact) mass is 417 g/mol. The van der Waals surface area contributed by atoms with Crippen LogP contribution < -0.4 is 16.0 Å². The van der Waals surface area contributed by atoms with Crippen LogP contribution in [-0.4, -0.2) is 42.5 Å². The molecule has 1 aliphatic rings. The average Bonchev–Trinajstić information content (AvgIpc) is 3.24. The number of hydrogen-bond acceptors (Lipinski definition) is 5. The van der Waals surface area contributed by atoms with Crippen LogP contribution in [0.15, 0.2) is 30.3 Å². The van der Waals surface area contributed by atoms with Crippen LogP contribution in [0.3, 0.4) is 0 Å². The summed E-state index contributed by atoms with van der Waals surface area (Å²) in [6, 6.07) is 7.68. The molecule has 1 aromatic rings. The van der Waals surface area contributed by atoms with Crippen molar-refractivity contribution in [3.05, 3.63) is 35.9 Å². The van der Waals surface area contributed by atoms with Gasteiger partial charge in [-0.15, -0.1) is 0 Å². The fraction of sp³-hybridized carbons (Fsp3) is 0.609. The third-order valence-electron chi connectivity index (χ3n) is 5.16. The Kier molecular flexibility index (Phi) is 9.30. The molecular weight excluding hydrogens is 382 g/mol. The van der Waals surface area contributed by atoms with Crippen molar-refractivity contribution >= 4 is 17.8 Å². The van der Waals surface area contributed by atoms with Crippen molar-refractivity contribution in [1.29, 1.82) is 0 Å². The molecule has 0 radical (unpaired) electrons. The minimum Gasteiger partial charge on any atom is -0.459 e. The Labute approximate surface area is 179 Å². The topological polar surface area (TPSA) is 96.5 Å². The fourth-order valence-electron chi connectivity index (χ4n) is 3.47. The molecule has 2 rings (SSSR count). The van der Waals surface area contributed by atoms with Crippen LogP contribution in [0.1, 0.15) is 52.5 Å². The molecule has 1 fully saturated rings. The van der Waals surface area contributed by atoms with Gasteiger partial charge in [-0.3, -0.25) is 9.59 Å². The van der Waals surface area contributed by atoms with E-state index in [1.165, 1.54) is 0 Å². The van der Waals surface area contributed by atoms with Crippen LogP contribution in [0.4, 0.5) is 0 Å². The molecule has 0 aromatic heterocycles. The molecule has 7 heteroatoms. The van der Waals surface area contributed by atoms with Gasteiger partial charge in [0.25, 0.3) is 0 Å². The molecule has 3 atom stereocenters. The molecule has 1 heterocycles. The molecule has 1 aliphatic heterocycles. The smallest absolute Gasteiger partial charge is 0.328 e. The fourth-order valence-corrected chi connectivity index (χ4v) is 3.47. The highest BCUT2D eigenvalue weighted by atomic mass is 16.5. The SMILES string of the molecule is CC(C)C[C@H](NC(=O)[C@H](NC(=O)[C@@H]1CCCN1)C(C)C)C(=O)OCc1ccccc1. The van der Waals surface area contributed by atoms with Crippen molar-refractivity contribution in [3.8, 4) is 0 Å². The molecule has 30 heavy (non-hydrogen) atoms. The van der Waals surface area contributed by atoms with Crippen LogP contribution >= 0.6 is 0 Å². The first kappa shape index (κ1) is 23.9. The molecule has 1 saturated heterocycles. The number of hydrogen-bond donors (Lipinski definition) is 3. The lowest BCUT2D eigenvalue weighted by Crippen LogP contribution is -2.56. The van der Waals surface area contributed by atoms with Crippen LogP contribution in [0, 0.1) is 11.8 Å². The zero-order valence-corrected chi connectivity index (χ0v) is 18.4. The Bertz CT molecular complexity index is 700. The molecular formula is C23H35N3O4. The lowest BCUT2D eigenvalue weighted by molar-refractivity contribution is -0.150. The second-order valence-corrected chi connectivity index (χ2v) is 8.66. The number of benzene rings is 1. The van der Waals surface area contributed by atoms with E-state index in [-0.39, 0.29) is 36.3 Å². The van der Waals surface area contributed by atoms with E-state index in [0.29, 0.717) is 6.42 Å². The van der Waals surface area contributed by atoms with Crippen LogP contribution in [-0.2, 0) is 25.7 Å². The summed E-state index contributed by atoms with van der Waals surface area (Å²) in [4.78, 5) is 38.1. The number of rotatable bonds is 10. The zero-order chi connectivity index (χ0) is 22.1. The van der Waals surface area contributed by atoms with Crippen LogP contribution in [0.2, 0.25) is 0 Å². The standard InChI is InChI=1S/C23H35N3O4/c1-15(2)13-19(23(29)30-14-17-9-6-5-7-10-17)25-22(28)20(16(3)4)26-21(27)18-11-8-12-24-18/h5-7,9-10,15-16,18-20,24H,8,11-14H2,1-4H3,(H,25,28)(H,26,27)/t18-,19-,20+/m0/s1. The maximum Gasteiger partial charge on any atom is 0.328 e. The highest BCUT2D eigenvalue weighted by Gasteiger charge is 2.32. The van der Waals surface area contributed by atoms with Gasteiger partial charge in [0.15, 0.2) is 0 Å². The quantitative estimate of drug-likeness (QED) is 0.507. The summed E-state index contributed by atoms with van der Waals surface area (Å²) in [6.07, 6.45) is 2.17. The number of amides is 2. The average molecular weight is 418 g/mol. The highest BCUT2D eigenvalue weighted by molar-refractivity contribution is 5.92. The van der Waals surface area contributed by atoms with Gasteiger partial charge >= 0.3 is 5.97 Å². The first-order valence-corrected chi connectivity index (χ1v) is 10.8. The predicted molar refractivity (Wildman–Crippen MR) is 115 cm³/mol. The summed E-state index contributed by atoms with van der Waals surface area (Å²) in [6.45, 7) is 8.67. The maximum absolute atomic E-state index is 13.0. The van der Waals surface area contributed by atoms with E-state index in [1.54, 1.807) is 0 Å². The molecule has 3 N–H and O–H groups in total. The first-order chi connectivity index (χ1) is 14.3. The summed E-state index contributed by atoms with van der Waals surface area (Å²) in [5.74, 6) is -0.927. The van der Waals surface area contributed by atoms with Gasteiger partial charge < -0.3 is 20.7 Å². The number of carbonyl (C=O) groups excluding carboxylic acids is 3. The number of carbonyl (C=O) groups is 3. The van der Waals surface area contributed by atoms with E-state index >= 15 is 0 Å². The zero-order valence-electron chi connectivity index (χ0n) is 18.4. The summed E-state index contributed by atoms with van der Waals surface area (Å²) in [7, 11) is 0. The molecule has 0 spiro atoms. The lowest BCUT2D eigenvalue weighted by atomic mass is 10.00. The van der Waals surface area contributed by atoms with Crippen molar-refractivity contribution < 1.29 is 19.1 Å². The van der Waals surface area contributed by atoms with Gasteiger partial charge in [-0.05, 0) is 43.2 Å². The van der Waals surface area contributed by atoms with Crippen LogP contribution in [0.5, 0.6) is 0 Å². The van der Waals surface area contributed by atoms with Gasteiger partial charge in [-0.2, -0.15) is 0 Å². The number of esters is 1. The Balaban J connectivity index is 1.99. The molecule has 0 saturated carbocycles. The number of nitrogens with one attached hydrogen (secondary N) is 3. The van der Waals surface area contributed by atoms with Crippen LogP contribution in [0.25, 0.3) is 0 Å². The Morgan fingerprint density at radius 2 is 1.80 bits per heavy atom. The van der Waals surface area contributed by atoms with E-state index in [1.807, 2.05) is 58.0 Å². The van der Waals surface area contributed by atoms with Gasteiger partial charge in [-0.1, -0.05) is 58.0 Å². The first-order valence-electron chi connectivity index (χ1n) is 10.8. The van der Waals surface area contributed by atoms with Crippen molar-refractivity contribution in [3.63, 3.8) is 0 Å². The van der Waals surface area contributed by atoms with Crippen molar-refractivity contribution in [1.82, 2.24) is 16.0 Å². The summed E-state index contributed by atoms with van der Waals surface area (Å²) in [5, 5.41) is 8.80. The molecule has 166 valence electrons. The summed E-state index contributed by atoms with van der Waals surface area (Å²) in [5.41, 5.74) is 0.886. The van der Waals surface area contributed by atoms with Crippen molar-refractivity contribution in [2.24, 2.45) is 11.8 Å². The molecule has 1 aromatic carbocycles. The second kappa shape index (κ2) is 11.7. The van der Waals surface area contributed by atoms with Crippen molar-refractivity contribution in [2.75, 3.05) is 6.54 Å². The second-order valence-electron chi connectivity index (χ2n) is 8.66. The molecule has 7 nitrogen and oxygen atoms in total. The lowest BCUT2D eigenvalue weighted by Gasteiger charge is -2.26. The molecule has 0 unspecified atom stereocenters. The van der Waals surface area contributed by atoms with Gasteiger partial charge in [0, 0.05) is 0 Å². The number of ether oxygens (including phenoxy) is 1.